The second-order valence-corrected chi connectivity index (χ2v) is 7.67. The molecule has 2 N–H and O–H groups in total. The Morgan fingerprint density at radius 1 is 1.28 bits per heavy atom. The molecular weight excluding hydrogens is 486 g/mol. The monoisotopic (exact) mass is 509 g/mol. The van der Waals surface area contributed by atoms with Gasteiger partial charge in [0.15, 0.2) is 17.6 Å². The van der Waals surface area contributed by atoms with Gasteiger partial charge in [0.05, 0.1) is 30.1 Å². The molecule has 0 aliphatic rings. The van der Waals surface area contributed by atoms with Crippen molar-refractivity contribution in [3.8, 4) is 28.8 Å². The highest BCUT2D eigenvalue weighted by atomic mass is 35.5. The van der Waals surface area contributed by atoms with E-state index in [0.29, 0.717) is 23.5 Å². The highest BCUT2D eigenvalue weighted by Gasteiger charge is 2.21. The van der Waals surface area contributed by atoms with E-state index in [-0.39, 0.29) is 34.6 Å². The van der Waals surface area contributed by atoms with Crippen molar-refractivity contribution in [3.63, 3.8) is 0 Å². The van der Waals surface area contributed by atoms with Crippen LogP contribution in [0.5, 0.6) is 11.5 Å². The van der Waals surface area contributed by atoms with E-state index >= 15 is 0 Å². The summed E-state index contributed by atoms with van der Waals surface area (Å²) < 4.78 is 16.3. The molecule has 1 unspecified atom stereocenters. The van der Waals surface area contributed by atoms with E-state index in [1.54, 1.807) is 57.2 Å². The van der Waals surface area contributed by atoms with E-state index in [4.69, 9.17) is 25.8 Å². The minimum Gasteiger partial charge on any atom is -0.490 e. The number of hydrogen-bond acceptors (Lipinski definition) is 9. The van der Waals surface area contributed by atoms with Crippen LogP contribution in [0.4, 0.5) is 5.95 Å². The SMILES string of the molecule is CCOC(=O)C(C)Oc1c(Cl)cc(C=NNc2nc(-c3ccccc3)c(C#N)c(=O)[nH]2)cc1OCC. The zero-order valence-corrected chi connectivity index (χ0v) is 20.6. The van der Waals surface area contributed by atoms with E-state index in [0.717, 1.165) is 0 Å². The topological polar surface area (TPSA) is 139 Å². The van der Waals surface area contributed by atoms with Crippen LogP contribution < -0.4 is 20.5 Å². The molecular formula is C25H24ClN5O5. The third-order valence-corrected chi connectivity index (χ3v) is 4.99. The second-order valence-electron chi connectivity index (χ2n) is 7.26. The van der Waals surface area contributed by atoms with Gasteiger partial charge >= 0.3 is 5.97 Å². The molecule has 36 heavy (non-hydrogen) atoms. The quantitative estimate of drug-likeness (QED) is 0.236. The third kappa shape index (κ3) is 6.40. The fraction of sp³-hybridized carbons (Fsp3) is 0.240. The Labute approximate surface area is 212 Å². The molecule has 2 aromatic carbocycles. The third-order valence-electron chi connectivity index (χ3n) is 4.71. The van der Waals surface area contributed by atoms with Crippen molar-refractivity contribution in [2.24, 2.45) is 5.10 Å². The van der Waals surface area contributed by atoms with Crippen LogP contribution in [0.1, 0.15) is 31.9 Å². The molecule has 1 atom stereocenters. The normalized spacial score (nSPS) is 11.5. The molecule has 186 valence electrons. The average molecular weight is 510 g/mol. The first-order chi connectivity index (χ1) is 17.4. The highest BCUT2D eigenvalue weighted by molar-refractivity contribution is 6.32. The lowest BCUT2D eigenvalue weighted by Crippen LogP contribution is -2.26. The van der Waals surface area contributed by atoms with Crippen LogP contribution in [0.15, 0.2) is 52.4 Å². The van der Waals surface area contributed by atoms with Gasteiger partial charge in [0.25, 0.3) is 5.56 Å². The molecule has 3 aromatic rings. The Hall–Kier alpha value is -4.36. The van der Waals surface area contributed by atoms with Gasteiger partial charge in [-0.1, -0.05) is 41.9 Å². The number of anilines is 1. The molecule has 0 aliphatic carbocycles. The van der Waals surface area contributed by atoms with Crippen molar-refractivity contribution in [1.29, 1.82) is 5.26 Å². The highest BCUT2D eigenvalue weighted by Crippen LogP contribution is 2.37. The Morgan fingerprint density at radius 3 is 2.69 bits per heavy atom. The molecule has 1 aromatic heterocycles. The van der Waals surface area contributed by atoms with Crippen LogP contribution in [-0.4, -0.2) is 41.5 Å². The summed E-state index contributed by atoms with van der Waals surface area (Å²) in [6, 6.07) is 14.0. The number of ether oxygens (including phenoxy) is 3. The number of hydrazone groups is 1. The number of nitriles is 1. The lowest BCUT2D eigenvalue weighted by atomic mass is 10.1. The summed E-state index contributed by atoms with van der Waals surface area (Å²) in [7, 11) is 0. The van der Waals surface area contributed by atoms with Gasteiger partial charge in [-0.05, 0) is 38.5 Å². The molecule has 0 aliphatic heterocycles. The van der Waals surface area contributed by atoms with E-state index in [2.05, 4.69) is 20.5 Å². The first kappa shape index (κ1) is 26.2. The number of esters is 1. The zero-order valence-electron chi connectivity index (χ0n) is 19.9. The maximum absolute atomic E-state index is 12.4. The van der Waals surface area contributed by atoms with Gasteiger partial charge in [-0.3, -0.25) is 9.78 Å². The molecule has 11 heteroatoms. The molecule has 1 heterocycles. The van der Waals surface area contributed by atoms with Crippen molar-refractivity contribution < 1.29 is 19.0 Å². The van der Waals surface area contributed by atoms with Crippen molar-refractivity contribution in [1.82, 2.24) is 9.97 Å². The minimum absolute atomic E-state index is 0.0495. The minimum atomic E-state index is -0.888. The average Bonchev–Trinajstić information content (AvgIpc) is 2.86. The van der Waals surface area contributed by atoms with E-state index in [1.807, 2.05) is 12.1 Å². The molecule has 0 bridgehead atoms. The molecule has 3 rings (SSSR count). The number of aromatic nitrogens is 2. The van der Waals surface area contributed by atoms with Gasteiger partial charge in [-0.15, -0.1) is 0 Å². The summed E-state index contributed by atoms with van der Waals surface area (Å²) in [4.78, 5) is 31.1. The van der Waals surface area contributed by atoms with E-state index in [1.165, 1.54) is 6.21 Å². The number of benzene rings is 2. The molecule has 0 amide bonds. The Morgan fingerprint density at radius 2 is 2.03 bits per heavy atom. The van der Waals surface area contributed by atoms with Crippen molar-refractivity contribution >= 4 is 29.7 Å². The number of nitrogens with zero attached hydrogens (tertiary/aromatic N) is 3. The Bertz CT molecular complexity index is 1350. The van der Waals surface area contributed by atoms with Crippen LogP contribution in [-0.2, 0) is 9.53 Å². The zero-order chi connectivity index (χ0) is 26.1. The summed E-state index contributed by atoms with van der Waals surface area (Å²) in [5.74, 6) is 0.0479. The number of rotatable bonds is 10. The number of hydrogen-bond donors (Lipinski definition) is 2. The van der Waals surface area contributed by atoms with Crippen LogP contribution in [0.3, 0.4) is 0 Å². The predicted molar refractivity (Wildman–Crippen MR) is 136 cm³/mol. The number of halogens is 1. The Balaban J connectivity index is 1.85. The first-order valence-electron chi connectivity index (χ1n) is 11.1. The number of H-pyrrole nitrogens is 1. The van der Waals surface area contributed by atoms with Crippen LogP contribution in [0.2, 0.25) is 5.02 Å². The summed E-state index contributed by atoms with van der Waals surface area (Å²) in [5.41, 5.74) is 3.36. The summed E-state index contributed by atoms with van der Waals surface area (Å²) in [6.07, 6.45) is 0.550. The summed E-state index contributed by atoms with van der Waals surface area (Å²) >= 11 is 6.41. The smallest absolute Gasteiger partial charge is 0.347 e. The van der Waals surface area contributed by atoms with Crippen molar-refractivity contribution in [3.05, 3.63) is 69.0 Å². The van der Waals surface area contributed by atoms with Crippen LogP contribution in [0, 0.1) is 11.3 Å². The number of nitrogens with one attached hydrogen (secondary N) is 2. The number of aromatic amines is 1. The molecule has 0 saturated heterocycles. The number of carbonyl (C=O) groups is 1. The van der Waals surface area contributed by atoms with Gasteiger partial charge in [0.2, 0.25) is 5.95 Å². The fourth-order valence-corrected chi connectivity index (χ4v) is 3.39. The lowest BCUT2D eigenvalue weighted by Gasteiger charge is -2.18. The van der Waals surface area contributed by atoms with Crippen LogP contribution >= 0.6 is 11.6 Å². The first-order valence-corrected chi connectivity index (χ1v) is 11.4. The van der Waals surface area contributed by atoms with Gasteiger partial charge < -0.3 is 14.2 Å². The van der Waals surface area contributed by atoms with E-state index in [9.17, 15) is 14.9 Å². The predicted octanol–water partition coefficient (Wildman–Crippen LogP) is 4.14. The molecule has 0 saturated carbocycles. The molecule has 0 radical (unpaired) electrons. The standard InChI is InChI=1S/C25H24ClN5O5/c1-4-34-20-12-16(11-19(26)22(20)36-15(3)24(33)35-5-2)14-28-31-25-29-21(17-9-7-6-8-10-17)18(13-27)23(32)30-25/h6-12,14-15H,4-5H2,1-3H3,(H2,29,30,31,32). The Kier molecular flexibility index (Phi) is 9.02. The van der Waals surface area contributed by atoms with Crippen LogP contribution in [0.25, 0.3) is 11.3 Å². The lowest BCUT2D eigenvalue weighted by molar-refractivity contribution is -0.150. The van der Waals surface area contributed by atoms with Gasteiger partial charge in [0.1, 0.15) is 11.6 Å². The summed E-state index contributed by atoms with van der Waals surface area (Å²) in [5, 5.41) is 13.7. The van der Waals surface area contributed by atoms with E-state index < -0.39 is 17.6 Å². The van der Waals surface area contributed by atoms with Crippen molar-refractivity contribution in [2.45, 2.75) is 26.9 Å². The van der Waals surface area contributed by atoms with Gasteiger partial charge in [-0.25, -0.2) is 15.2 Å². The second kappa shape index (κ2) is 12.4. The maximum atomic E-state index is 12.4. The maximum Gasteiger partial charge on any atom is 0.347 e. The number of carbonyl (C=O) groups excluding carboxylic acids is 1. The van der Waals surface area contributed by atoms with Gasteiger partial charge in [-0.2, -0.15) is 10.4 Å². The fourth-order valence-electron chi connectivity index (χ4n) is 3.13. The molecule has 10 nitrogen and oxygen atoms in total. The summed E-state index contributed by atoms with van der Waals surface area (Å²) in [6.45, 7) is 5.62. The largest absolute Gasteiger partial charge is 0.490 e. The van der Waals surface area contributed by atoms with Crippen molar-refractivity contribution in [2.75, 3.05) is 18.6 Å². The molecule has 0 spiro atoms. The molecule has 0 fully saturated rings. The van der Waals surface area contributed by atoms with Gasteiger partial charge in [0, 0.05) is 5.56 Å².